The topological polar surface area (TPSA) is 171 Å². The number of rotatable bonds is 31. The van der Waals surface area contributed by atoms with Crippen molar-refractivity contribution in [2.45, 2.75) is 142 Å². The zero-order valence-corrected chi connectivity index (χ0v) is 36.4. The van der Waals surface area contributed by atoms with Gasteiger partial charge in [-0.1, -0.05) is 96.4 Å². The van der Waals surface area contributed by atoms with E-state index in [1.54, 1.807) is 6.08 Å². The molecule has 1 aromatic heterocycles. The van der Waals surface area contributed by atoms with Crippen molar-refractivity contribution in [2.75, 3.05) is 43.9 Å². The van der Waals surface area contributed by atoms with Crippen LogP contribution in [0.2, 0.25) is 0 Å². The molecule has 0 fully saturated rings. The molecule has 0 aliphatic carbocycles. The molecule has 0 spiro atoms. The van der Waals surface area contributed by atoms with Crippen LogP contribution in [0, 0.1) is 5.82 Å². The summed E-state index contributed by atoms with van der Waals surface area (Å²) < 4.78 is 44.8. The number of allylic oxidation sites excluding steroid dienone is 2. The minimum Gasteiger partial charge on any atom is -0.392 e. The van der Waals surface area contributed by atoms with E-state index in [9.17, 15) is 32.6 Å². The van der Waals surface area contributed by atoms with Crippen molar-refractivity contribution in [3.05, 3.63) is 59.6 Å². The molecule has 0 aliphatic rings. The highest BCUT2D eigenvalue weighted by atomic mass is 32.2. The zero-order chi connectivity index (χ0) is 42.8. The smallest absolute Gasteiger partial charge is 0.239 e. The van der Waals surface area contributed by atoms with Gasteiger partial charge in [0.25, 0.3) is 0 Å². The van der Waals surface area contributed by atoms with Crippen LogP contribution < -0.4 is 14.9 Å². The van der Waals surface area contributed by atoms with Gasteiger partial charge in [0, 0.05) is 44.1 Å². The molecule has 1 heterocycles. The fourth-order valence-electron chi connectivity index (χ4n) is 6.20. The number of nitrogens with zero attached hydrogens (tertiary/aromatic N) is 3. The van der Waals surface area contributed by atoms with Crippen LogP contribution in [-0.4, -0.2) is 92.2 Å². The predicted octanol–water partition coefficient (Wildman–Crippen LogP) is 7.60. The normalized spacial score (nSPS) is 13.1. The summed E-state index contributed by atoms with van der Waals surface area (Å²) >= 11 is 0. The minimum atomic E-state index is -3.68. The van der Waals surface area contributed by atoms with Crippen LogP contribution in [0.25, 0.3) is 17.3 Å². The highest BCUT2D eigenvalue weighted by molar-refractivity contribution is 7.92. The fourth-order valence-corrected chi connectivity index (χ4v) is 6.58. The van der Waals surface area contributed by atoms with Gasteiger partial charge >= 0.3 is 0 Å². The number of hydrogen-bond donors (Lipinski definition) is 4. The second kappa shape index (κ2) is 28.7. The molecule has 58 heavy (non-hydrogen) atoms. The van der Waals surface area contributed by atoms with Crippen LogP contribution in [0.5, 0.6) is 0 Å². The zero-order valence-electron chi connectivity index (χ0n) is 35.6. The van der Waals surface area contributed by atoms with Crippen LogP contribution in [0.1, 0.15) is 141 Å². The predicted molar refractivity (Wildman–Crippen MR) is 231 cm³/mol. The molecule has 14 heteroatoms. The molecular formula is C44H70FN5O7S. The van der Waals surface area contributed by atoms with Crippen LogP contribution in [-0.2, 0) is 24.3 Å². The highest BCUT2D eigenvalue weighted by Gasteiger charge is 2.23. The third kappa shape index (κ3) is 21.3. The van der Waals surface area contributed by atoms with Gasteiger partial charge in [-0.05, 0) is 62.3 Å². The van der Waals surface area contributed by atoms with Crippen LogP contribution >= 0.6 is 0 Å². The highest BCUT2D eigenvalue weighted by Crippen LogP contribution is 2.32. The third-order valence-electron chi connectivity index (χ3n) is 9.63. The van der Waals surface area contributed by atoms with Gasteiger partial charge in [-0.3, -0.25) is 9.59 Å². The SMILES string of the molecule is CCCCCCCCC=CCCCCCCCC(=O)NCCOCCNC(=O)C[C@H](O)C[C@H](O)C=Cc1c(-c2ccc(F)cc2)nc(N(C)S(C)(=O)=O)nc1C(C)C. The van der Waals surface area contributed by atoms with Crippen LogP contribution in [0.4, 0.5) is 10.3 Å². The Labute approximate surface area is 347 Å². The first-order valence-electron chi connectivity index (χ1n) is 21.1. The summed E-state index contributed by atoms with van der Waals surface area (Å²) in [5.41, 5.74) is 1.85. The molecular weight excluding hydrogens is 762 g/mol. The lowest BCUT2D eigenvalue weighted by atomic mass is 9.97. The van der Waals surface area contributed by atoms with Gasteiger partial charge in [-0.25, -0.2) is 27.1 Å². The lowest BCUT2D eigenvalue weighted by Gasteiger charge is -2.20. The van der Waals surface area contributed by atoms with E-state index in [0.717, 1.165) is 36.2 Å². The molecule has 2 amide bonds. The molecule has 4 N–H and O–H groups in total. The standard InChI is InChI=1S/C44H70FN5O7S/c1-6-7-8-9-10-11-12-13-14-15-16-17-18-19-20-21-40(53)46-28-30-57-31-29-47-41(54)33-38(52)32-37(51)26-27-39-42(34(2)3)48-44(50(4)58(5,55)56)49-43(39)35-22-24-36(45)25-23-35/h13-14,22-27,34,37-38,51-52H,6-12,15-21,28-33H2,1-5H3,(H,46,53)(H,47,54)/t37-,38-/m1/s1. The van der Waals surface area contributed by atoms with Crippen LogP contribution in [0.3, 0.4) is 0 Å². The first-order chi connectivity index (χ1) is 27.7. The Balaban J connectivity index is 1.66. The number of sulfonamides is 1. The Morgan fingerprint density at radius 2 is 1.43 bits per heavy atom. The fraction of sp³-hybridized carbons (Fsp3) is 0.636. The number of carbonyl (C=O) groups excluding carboxylic acids is 2. The first kappa shape index (κ1) is 50.4. The van der Waals surface area contributed by atoms with E-state index in [1.165, 1.54) is 95.2 Å². The summed E-state index contributed by atoms with van der Waals surface area (Å²) in [5, 5.41) is 26.8. The molecule has 2 aromatic rings. The number of carbonyl (C=O) groups is 2. The third-order valence-corrected chi connectivity index (χ3v) is 10.8. The number of nitrogens with one attached hydrogen (secondary N) is 2. The average Bonchev–Trinajstić information content (AvgIpc) is 3.17. The summed E-state index contributed by atoms with van der Waals surface area (Å²) in [6.07, 6.45) is 22.4. The average molecular weight is 832 g/mol. The van der Waals surface area contributed by atoms with Crippen molar-refractivity contribution in [2.24, 2.45) is 0 Å². The number of halogens is 1. The quantitative estimate of drug-likeness (QED) is 0.0441. The molecule has 2 rings (SSSR count). The van der Waals surface area contributed by atoms with Gasteiger partial charge in [0.1, 0.15) is 5.82 Å². The van der Waals surface area contributed by atoms with E-state index >= 15 is 0 Å². The number of unbranched alkanes of at least 4 members (excludes halogenated alkanes) is 11. The largest absolute Gasteiger partial charge is 0.392 e. The summed E-state index contributed by atoms with van der Waals surface area (Å²) in [7, 11) is -2.34. The van der Waals surface area contributed by atoms with Crippen LogP contribution in [0.15, 0.2) is 42.5 Å². The van der Waals surface area contributed by atoms with E-state index < -0.39 is 34.0 Å². The minimum absolute atomic E-state index is 0.0119. The van der Waals surface area contributed by atoms with E-state index in [4.69, 9.17) is 4.74 Å². The van der Waals surface area contributed by atoms with Crippen molar-refractivity contribution in [1.29, 1.82) is 0 Å². The number of aliphatic hydroxyl groups excluding tert-OH is 2. The Morgan fingerprint density at radius 1 is 0.862 bits per heavy atom. The van der Waals surface area contributed by atoms with Gasteiger partial charge in [-0.15, -0.1) is 0 Å². The Bertz CT molecular complexity index is 1650. The summed E-state index contributed by atoms with van der Waals surface area (Å²) in [6, 6.07) is 5.58. The second-order valence-corrected chi connectivity index (χ2v) is 17.2. The second-order valence-electron chi connectivity index (χ2n) is 15.2. The molecule has 0 aliphatic heterocycles. The number of anilines is 1. The van der Waals surface area contributed by atoms with Gasteiger partial charge < -0.3 is 25.6 Å². The molecule has 2 atom stereocenters. The number of amides is 2. The maximum absolute atomic E-state index is 13.8. The van der Waals surface area contributed by atoms with E-state index in [2.05, 4.69) is 39.7 Å². The van der Waals surface area contributed by atoms with E-state index in [1.807, 2.05) is 13.8 Å². The number of benzene rings is 1. The molecule has 0 saturated carbocycles. The van der Waals surface area contributed by atoms with Crippen molar-refractivity contribution in [1.82, 2.24) is 20.6 Å². The van der Waals surface area contributed by atoms with E-state index in [-0.39, 0.29) is 43.8 Å². The van der Waals surface area contributed by atoms with E-state index in [0.29, 0.717) is 42.1 Å². The summed E-state index contributed by atoms with van der Waals surface area (Å²) in [4.78, 5) is 33.5. The van der Waals surface area contributed by atoms with Crippen molar-refractivity contribution >= 4 is 33.9 Å². The number of ether oxygens (including phenoxy) is 1. The Morgan fingerprint density at radius 3 is 2.02 bits per heavy atom. The summed E-state index contributed by atoms with van der Waals surface area (Å²) in [5.74, 6) is -1.08. The van der Waals surface area contributed by atoms with Crippen molar-refractivity contribution < 1.29 is 37.3 Å². The Kier molecular flexibility index (Phi) is 24.9. The number of hydrogen-bond acceptors (Lipinski definition) is 9. The van der Waals surface area contributed by atoms with Gasteiger partial charge in [0.15, 0.2) is 0 Å². The molecule has 12 nitrogen and oxygen atoms in total. The first-order valence-corrected chi connectivity index (χ1v) is 23.0. The molecule has 0 bridgehead atoms. The molecule has 0 radical (unpaired) electrons. The monoisotopic (exact) mass is 831 g/mol. The van der Waals surface area contributed by atoms with Gasteiger partial charge in [-0.2, -0.15) is 0 Å². The maximum atomic E-state index is 13.8. The molecule has 0 saturated heterocycles. The Hall–Kier alpha value is -3.72. The number of aliphatic hydroxyl groups is 2. The van der Waals surface area contributed by atoms with Crippen molar-refractivity contribution in [3.63, 3.8) is 0 Å². The lowest BCUT2D eigenvalue weighted by Crippen LogP contribution is -2.32. The molecule has 0 unspecified atom stereocenters. The molecule has 326 valence electrons. The maximum Gasteiger partial charge on any atom is 0.239 e. The van der Waals surface area contributed by atoms with Crippen molar-refractivity contribution in [3.8, 4) is 11.3 Å². The van der Waals surface area contributed by atoms with Gasteiger partial charge in [0.05, 0.1) is 49.5 Å². The molecule has 1 aromatic carbocycles. The summed E-state index contributed by atoms with van der Waals surface area (Å²) in [6.45, 7) is 7.18. The lowest BCUT2D eigenvalue weighted by molar-refractivity contribution is -0.123. The van der Waals surface area contributed by atoms with Gasteiger partial charge in [0.2, 0.25) is 27.8 Å². The number of aromatic nitrogens is 2.